The number of carbonyl (C=O) groups is 3. The quantitative estimate of drug-likeness (QED) is 0.219. The van der Waals surface area contributed by atoms with Gasteiger partial charge in [0.2, 0.25) is 5.91 Å². The summed E-state index contributed by atoms with van der Waals surface area (Å²) in [6.45, 7) is 7.82. The highest BCUT2D eigenvalue weighted by Gasteiger charge is 2.63. The van der Waals surface area contributed by atoms with E-state index in [-0.39, 0.29) is 29.8 Å². The van der Waals surface area contributed by atoms with Crippen LogP contribution in [0.15, 0.2) is 47.1 Å². The lowest BCUT2D eigenvalue weighted by Gasteiger charge is -2.58. The Bertz CT molecular complexity index is 1430. The normalized spacial score (nSPS) is 33.8. The largest absolute Gasteiger partial charge is 0.480 e. The predicted octanol–water partition coefficient (Wildman–Crippen LogP) is 4.64. The van der Waals surface area contributed by atoms with Crippen LogP contribution in [0.4, 0.5) is 0 Å². The maximum Gasteiger partial charge on any atom is 0.326 e. The Labute approximate surface area is 272 Å². The summed E-state index contributed by atoms with van der Waals surface area (Å²) >= 11 is 0. The van der Waals surface area contributed by atoms with Crippen LogP contribution in [-0.4, -0.2) is 58.0 Å². The molecule has 0 saturated heterocycles. The van der Waals surface area contributed by atoms with E-state index in [0.717, 1.165) is 56.2 Å². The fraction of sp³-hybridized carbons (Fsp3) is 0.622. The Balaban J connectivity index is 1.16. The summed E-state index contributed by atoms with van der Waals surface area (Å²) < 4.78 is 0. The Morgan fingerprint density at radius 3 is 2.43 bits per heavy atom. The van der Waals surface area contributed by atoms with Crippen molar-refractivity contribution in [1.29, 1.82) is 0 Å². The van der Waals surface area contributed by atoms with Gasteiger partial charge in [-0.1, -0.05) is 74.7 Å². The number of carboxylic acid groups (broad SMARTS) is 1. The fourth-order valence-electron chi connectivity index (χ4n) is 9.13. The van der Waals surface area contributed by atoms with Crippen molar-refractivity contribution >= 4 is 23.5 Å². The van der Waals surface area contributed by atoms with Gasteiger partial charge in [-0.3, -0.25) is 9.59 Å². The molecule has 3 saturated carbocycles. The van der Waals surface area contributed by atoms with E-state index in [1.807, 2.05) is 18.2 Å². The summed E-state index contributed by atoms with van der Waals surface area (Å²) in [4.78, 5) is 43.2. The van der Waals surface area contributed by atoms with Crippen LogP contribution in [0.25, 0.3) is 0 Å². The molecular formula is C37H49N3O6. The van der Waals surface area contributed by atoms with Gasteiger partial charge < -0.3 is 25.7 Å². The summed E-state index contributed by atoms with van der Waals surface area (Å²) in [5.74, 6) is 1.81. The van der Waals surface area contributed by atoms with Crippen molar-refractivity contribution in [3.8, 4) is 12.3 Å². The SMILES string of the molecule is C#C[C@@]1(O)CC[C@@H]2[C@@H]3CCC4=CC(=NOCC(=O)N[C@H](C(=O)N[C@H](Cc5ccccc5)C(=O)O)C(C)C)CC[C@]4(C)[C@@H]3CC[C@@]21C. The van der Waals surface area contributed by atoms with Crippen LogP contribution in [0, 0.1) is 46.8 Å². The fourth-order valence-corrected chi connectivity index (χ4v) is 9.13. The lowest BCUT2D eigenvalue weighted by atomic mass is 9.46. The Kier molecular flexibility index (Phi) is 9.70. The summed E-state index contributed by atoms with van der Waals surface area (Å²) in [6.07, 6.45) is 15.6. The first kappa shape index (κ1) is 33.7. The van der Waals surface area contributed by atoms with Crippen LogP contribution in [-0.2, 0) is 25.6 Å². The van der Waals surface area contributed by atoms with Gasteiger partial charge in [-0.15, -0.1) is 6.42 Å². The minimum Gasteiger partial charge on any atom is -0.480 e. The molecule has 9 heteroatoms. The summed E-state index contributed by atoms with van der Waals surface area (Å²) in [5, 5.41) is 30.5. The number of hydrogen-bond donors (Lipinski definition) is 4. The number of hydrogen-bond acceptors (Lipinski definition) is 6. The zero-order valence-corrected chi connectivity index (χ0v) is 27.6. The van der Waals surface area contributed by atoms with Crippen LogP contribution in [0.2, 0.25) is 0 Å². The number of nitrogens with one attached hydrogen (secondary N) is 2. The molecule has 0 heterocycles. The first-order chi connectivity index (χ1) is 21.8. The van der Waals surface area contributed by atoms with Crippen LogP contribution in [0.3, 0.4) is 0 Å². The van der Waals surface area contributed by atoms with Gasteiger partial charge in [0, 0.05) is 11.8 Å². The van der Waals surface area contributed by atoms with E-state index in [1.165, 1.54) is 5.57 Å². The summed E-state index contributed by atoms with van der Waals surface area (Å²) in [5.41, 5.74) is 1.84. The number of aliphatic hydroxyl groups is 1. The number of oxime groups is 1. The average Bonchev–Trinajstić information content (AvgIpc) is 3.30. The number of fused-ring (bicyclic) bond motifs is 5. The van der Waals surface area contributed by atoms with Gasteiger partial charge in [-0.25, -0.2) is 4.79 Å². The van der Waals surface area contributed by atoms with Gasteiger partial charge in [-0.05, 0) is 92.1 Å². The number of aliphatic carboxylic acids is 1. The molecule has 0 unspecified atom stereocenters. The number of terminal acetylenes is 1. The molecule has 9 nitrogen and oxygen atoms in total. The second kappa shape index (κ2) is 13.2. The molecule has 1 aromatic rings. The zero-order chi connectivity index (χ0) is 33.3. The van der Waals surface area contributed by atoms with E-state index >= 15 is 0 Å². The van der Waals surface area contributed by atoms with Crippen LogP contribution < -0.4 is 10.6 Å². The number of nitrogens with zero attached hydrogens (tertiary/aromatic N) is 1. The van der Waals surface area contributed by atoms with Gasteiger partial charge in [0.05, 0.1) is 5.71 Å². The van der Waals surface area contributed by atoms with Crippen molar-refractivity contribution in [1.82, 2.24) is 10.6 Å². The third-order valence-corrected chi connectivity index (χ3v) is 11.9. The van der Waals surface area contributed by atoms with Gasteiger partial charge in [0.25, 0.3) is 5.91 Å². The molecule has 248 valence electrons. The molecule has 5 rings (SSSR count). The highest BCUT2D eigenvalue weighted by Crippen LogP contribution is 2.67. The number of carbonyl (C=O) groups excluding carboxylic acids is 2. The molecule has 0 aliphatic heterocycles. The smallest absolute Gasteiger partial charge is 0.326 e. The van der Waals surface area contributed by atoms with E-state index in [1.54, 1.807) is 26.0 Å². The number of allylic oxidation sites excluding steroid dienone is 2. The standard InChI is InChI=1S/C37H49N3O6/c1-6-37(45)19-16-29-27-13-12-25-21-26(14-17-35(25,4)28(27)15-18-36(29,37)5)40-46-22-31(41)39-32(23(2)3)33(42)38-30(34(43)44)20-24-10-8-7-9-11-24/h1,7-11,21,23,27-30,32,45H,12-20,22H2,2-5H3,(H,38,42)(H,39,41)(H,43,44)/t27-,28-,29-,30-,32+,35+,36+,37-/m1/s1. The van der Waals surface area contributed by atoms with E-state index in [2.05, 4.69) is 41.6 Å². The molecule has 2 amide bonds. The van der Waals surface area contributed by atoms with Gasteiger partial charge in [0.15, 0.2) is 6.61 Å². The molecular weight excluding hydrogens is 582 g/mol. The average molecular weight is 632 g/mol. The van der Waals surface area contributed by atoms with Crippen molar-refractivity contribution in [2.75, 3.05) is 6.61 Å². The molecule has 0 spiro atoms. The minimum atomic E-state index is -1.15. The van der Waals surface area contributed by atoms with E-state index in [0.29, 0.717) is 24.2 Å². The first-order valence-corrected chi connectivity index (χ1v) is 16.8. The molecule has 0 radical (unpaired) electrons. The molecule has 46 heavy (non-hydrogen) atoms. The van der Waals surface area contributed by atoms with E-state index in [9.17, 15) is 24.6 Å². The van der Waals surface area contributed by atoms with Crippen LogP contribution in [0.5, 0.6) is 0 Å². The minimum absolute atomic E-state index is 0.0731. The van der Waals surface area contributed by atoms with E-state index in [4.69, 9.17) is 11.3 Å². The van der Waals surface area contributed by atoms with E-state index < -0.39 is 35.5 Å². The molecule has 0 aromatic heterocycles. The molecule has 0 bridgehead atoms. The molecule has 4 aliphatic carbocycles. The third kappa shape index (κ3) is 6.33. The van der Waals surface area contributed by atoms with Gasteiger partial charge in [0.1, 0.15) is 17.7 Å². The second-order valence-electron chi connectivity index (χ2n) is 14.7. The molecule has 3 fully saturated rings. The lowest BCUT2D eigenvalue weighted by Crippen LogP contribution is -2.54. The van der Waals surface area contributed by atoms with Crippen molar-refractivity contribution in [2.45, 2.75) is 103 Å². The zero-order valence-electron chi connectivity index (χ0n) is 27.6. The first-order valence-electron chi connectivity index (χ1n) is 16.8. The Morgan fingerprint density at radius 2 is 1.76 bits per heavy atom. The molecule has 8 atom stereocenters. The summed E-state index contributed by atoms with van der Waals surface area (Å²) in [7, 11) is 0. The maximum atomic E-state index is 13.1. The second-order valence-corrected chi connectivity index (χ2v) is 14.7. The molecule has 1 aromatic carbocycles. The van der Waals surface area contributed by atoms with Crippen molar-refractivity contribution in [2.24, 2.45) is 39.7 Å². The van der Waals surface area contributed by atoms with Crippen molar-refractivity contribution in [3.05, 3.63) is 47.5 Å². The third-order valence-electron chi connectivity index (χ3n) is 11.9. The maximum absolute atomic E-state index is 13.1. The monoisotopic (exact) mass is 631 g/mol. The number of rotatable bonds is 10. The summed E-state index contributed by atoms with van der Waals surface area (Å²) in [6, 6.07) is 7.02. The number of carboxylic acids is 1. The lowest BCUT2D eigenvalue weighted by molar-refractivity contribution is -0.142. The van der Waals surface area contributed by atoms with Crippen LogP contribution >= 0.6 is 0 Å². The Morgan fingerprint density at radius 1 is 1.04 bits per heavy atom. The van der Waals surface area contributed by atoms with Crippen molar-refractivity contribution < 1.29 is 29.4 Å². The molecule has 4 N–H and O–H groups in total. The molecule has 4 aliphatic rings. The number of benzene rings is 1. The topological polar surface area (TPSA) is 137 Å². The van der Waals surface area contributed by atoms with Crippen molar-refractivity contribution in [3.63, 3.8) is 0 Å². The Hall–Kier alpha value is -3.64. The van der Waals surface area contributed by atoms with Gasteiger partial charge >= 0.3 is 5.97 Å². The van der Waals surface area contributed by atoms with Gasteiger partial charge in [-0.2, -0.15) is 0 Å². The number of amides is 2. The highest BCUT2D eigenvalue weighted by atomic mass is 16.6. The van der Waals surface area contributed by atoms with Crippen LogP contribution in [0.1, 0.15) is 84.6 Å². The predicted molar refractivity (Wildman–Crippen MR) is 175 cm³/mol. The highest BCUT2D eigenvalue weighted by molar-refractivity contribution is 5.96.